The molecule has 0 aromatic heterocycles. The molecule has 1 aliphatic heterocycles. The van der Waals surface area contributed by atoms with Crippen molar-refractivity contribution in [2.45, 2.75) is 56.4 Å². The first-order valence-corrected chi connectivity index (χ1v) is 12.7. The molecule has 3 fully saturated rings. The minimum absolute atomic E-state index is 0.0896. The average Bonchev–Trinajstić information content (AvgIpc) is 3.35. The second kappa shape index (κ2) is 9.94. The molecule has 1 heterocycles. The Balaban J connectivity index is 1.28. The standard InChI is InChI=1S/C28H32F2N4O/c29-23-15-24(30)17-25(16-23)32-27(35)34(12-4-11-33-9-1-2-10-33)26-7-8-28(18-22(28)14-26)21-6-3-5-20(13-21)19-31/h3,5-6,13,15-17,22,26H,1-2,4,7-12,14,18H2,(H,32,35)/t22?,26-,28-/m1/s1. The van der Waals surface area contributed by atoms with E-state index in [1.54, 1.807) is 0 Å². The molecule has 3 atom stereocenters. The van der Waals surface area contributed by atoms with Crippen molar-refractivity contribution < 1.29 is 13.6 Å². The van der Waals surface area contributed by atoms with Gasteiger partial charge in [-0.15, -0.1) is 0 Å². The van der Waals surface area contributed by atoms with Crippen molar-refractivity contribution in [2.75, 3.05) is 31.5 Å². The van der Waals surface area contributed by atoms with Crippen LogP contribution >= 0.6 is 0 Å². The van der Waals surface area contributed by atoms with E-state index in [0.717, 1.165) is 69.9 Å². The fourth-order valence-electron chi connectivity index (χ4n) is 6.29. The van der Waals surface area contributed by atoms with Gasteiger partial charge in [0.1, 0.15) is 11.6 Å². The van der Waals surface area contributed by atoms with Gasteiger partial charge in [0.05, 0.1) is 11.6 Å². The predicted molar refractivity (Wildman–Crippen MR) is 131 cm³/mol. The monoisotopic (exact) mass is 478 g/mol. The zero-order valence-corrected chi connectivity index (χ0v) is 20.0. The number of benzene rings is 2. The van der Waals surface area contributed by atoms with E-state index in [9.17, 15) is 18.8 Å². The molecular weight excluding hydrogens is 446 g/mol. The maximum atomic E-state index is 13.7. The summed E-state index contributed by atoms with van der Waals surface area (Å²) in [6.07, 6.45) is 7.18. The lowest BCUT2D eigenvalue weighted by molar-refractivity contribution is 0.156. The number of fused-ring (bicyclic) bond motifs is 1. The molecule has 2 aromatic rings. The normalized spacial score (nSPS) is 25.5. The molecular formula is C28H32F2N4O. The Morgan fingerprint density at radius 3 is 2.66 bits per heavy atom. The number of nitrogens with zero attached hydrogens (tertiary/aromatic N) is 3. The number of nitrogens with one attached hydrogen (secondary N) is 1. The largest absolute Gasteiger partial charge is 0.322 e. The van der Waals surface area contributed by atoms with Crippen LogP contribution in [-0.2, 0) is 5.41 Å². The number of hydrogen-bond acceptors (Lipinski definition) is 3. The molecule has 0 radical (unpaired) electrons. The Kier molecular flexibility index (Phi) is 6.75. The van der Waals surface area contributed by atoms with Gasteiger partial charge in [0.15, 0.2) is 0 Å². The topological polar surface area (TPSA) is 59.4 Å². The number of anilines is 1. The minimum Gasteiger partial charge on any atom is -0.321 e. The van der Waals surface area contributed by atoms with Gasteiger partial charge >= 0.3 is 6.03 Å². The van der Waals surface area contributed by atoms with Crippen molar-refractivity contribution in [1.29, 1.82) is 5.26 Å². The average molecular weight is 479 g/mol. The summed E-state index contributed by atoms with van der Waals surface area (Å²) >= 11 is 0. The summed E-state index contributed by atoms with van der Waals surface area (Å²) in [6, 6.07) is 13.1. The van der Waals surface area contributed by atoms with Gasteiger partial charge in [0, 0.05) is 24.3 Å². The van der Waals surface area contributed by atoms with E-state index < -0.39 is 11.6 Å². The van der Waals surface area contributed by atoms with Crippen LogP contribution in [0.5, 0.6) is 0 Å². The van der Waals surface area contributed by atoms with Gasteiger partial charge in [-0.1, -0.05) is 12.1 Å². The first-order chi connectivity index (χ1) is 17.0. The van der Waals surface area contributed by atoms with Crippen molar-refractivity contribution in [3.63, 3.8) is 0 Å². The summed E-state index contributed by atoms with van der Waals surface area (Å²) in [5, 5.41) is 12.0. The molecule has 2 saturated carbocycles. The second-order valence-electron chi connectivity index (χ2n) is 10.4. The number of carbonyl (C=O) groups excluding carboxylic acids is 1. The molecule has 1 N–H and O–H groups in total. The third-order valence-electron chi connectivity index (χ3n) is 8.17. The third-order valence-corrected chi connectivity index (χ3v) is 8.17. The van der Waals surface area contributed by atoms with E-state index in [4.69, 9.17) is 0 Å². The fourth-order valence-corrected chi connectivity index (χ4v) is 6.29. The SMILES string of the molecule is N#Cc1cccc([C@]23CC[C@@H](N(CCCN4CCCC4)C(=O)Nc4cc(F)cc(F)c4)CC2C3)c1. The molecule has 1 unspecified atom stereocenters. The molecule has 5 nitrogen and oxygen atoms in total. The van der Waals surface area contributed by atoms with Gasteiger partial charge in [-0.25, -0.2) is 13.6 Å². The number of amides is 2. The Labute approximate surface area is 205 Å². The van der Waals surface area contributed by atoms with E-state index in [1.807, 2.05) is 23.1 Å². The molecule has 1 saturated heterocycles. The first-order valence-electron chi connectivity index (χ1n) is 12.7. The number of urea groups is 1. The van der Waals surface area contributed by atoms with E-state index in [2.05, 4.69) is 22.4 Å². The highest BCUT2D eigenvalue weighted by Crippen LogP contribution is 2.62. The van der Waals surface area contributed by atoms with Crippen LogP contribution in [0, 0.1) is 28.9 Å². The van der Waals surface area contributed by atoms with Gasteiger partial charge < -0.3 is 15.1 Å². The van der Waals surface area contributed by atoms with Crippen molar-refractivity contribution in [3.8, 4) is 6.07 Å². The molecule has 7 heteroatoms. The van der Waals surface area contributed by atoms with E-state index in [0.29, 0.717) is 18.0 Å². The highest BCUT2D eigenvalue weighted by molar-refractivity contribution is 5.89. The highest BCUT2D eigenvalue weighted by atomic mass is 19.1. The summed E-state index contributed by atoms with van der Waals surface area (Å²) in [5.74, 6) is -0.933. The number of carbonyl (C=O) groups is 1. The number of likely N-dealkylation sites (tertiary alicyclic amines) is 1. The molecule has 0 spiro atoms. The Morgan fingerprint density at radius 2 is 1.94 bits per heavy atom. The molecule has 5 rings (SSSR count). The van der Waals surface area contributed by atoms with Crippen LogP contribution in [0.15, 0.2) is 42.5 Å². The van der Waals surface area contributed by atoms with Crippen molar-refractivity contribution in [2.24, 2.45) is 5.92 Å². The van der Waals surface area contributed by atoms with Gasteiger partial charge in [-0.05, 0) is 106 Å². The van der Waals surface area contributed by atoms with E-state index in [1.165, 1.54) is 18.4 Å². The van der Waals surface area contributed by atoms with Crippen LogP contribution in [0.2, 0.25) is 0 Å². The summed E-state index contributed by atoms with van der Waals surface area (Å²) in [4.78, 5) is 17.7. The van der Waals surface area contributed by atoms with Crippen molar-refractivity contribution >= 4 is 11.7 Å². The molecule has 2 amide bonds. The van der Waals surface area contributed by atoms with E-state index >= 15 is 0 Å². The van der Waals surface area contributed by atoms with Crippen LogP contribution in [0.4, 0.5) is 19.3 Å². The summed E-state index contributed by atoms with van der Waals surface area (Å²) in [7, 11) is 0. The van der Waals surface area contributed by atoms with Gasteiger partial charge in [0.25, 0.3) is 0 Å². The maximum absolute atomic E-state index is 13.7. The number of rotatable bonds is 7. The zero-order chi connectivity index (χ0) is 24.4. The summed E-state index contributed by atoms with van der Waals surface area (Å²) in [5.41, 5.74) is 2.18. The zero-order valence-electron chi connectivity index (χ0n) is 20.0. The van der Waals surface area contributed by atoms with Crippen LogP contribution in [-0.4, -0.2) is 48.1 Å². The van der Waals surface area contributed by atoms with E-state index in [-0.39, 0.29) is 23.2 Å². The lowest BCUT2D eigenvalue weighted by Crippen LogP contribution is -2.46. The Hall–Kier alpha value is -2.98. The first kappa shape index (κ1) is 23.7. The smallest absolute Gasteiger partial charge is 0.321 e. The molecule has 184 valence electrons. The van der Waals surface area contributed by atoms with Gasteiger partial charge in [0.2, 0.25) is 0 Å². The van der Waals surface area contributed by atoms with Gasteiger partial charge in [-0.3, -0.25) is 0 Å². The minimum atomic E-state index is -0.707. The Morgan fingerprint density at radius 1 is 1.17 bits per heavy atom. The van der Waals surface area contributed by atoms with Crippen molar-refractivity contribution in [1.82, 2.24) is 9.80 Å². The number of hydrogen-bond donors (Lipinski definition) is 1. The van der Waals surface area contributed by atoms with Crippen molar-refractivity contribution in [3.05, 3.63) is 65.2 Å². The molecule has 2 aliphatic carbocycles. The Bertz CT molecular complexity index is 1110. The second-order valence-corrected chi connectivity index (χ2v) is 10.4. The highest BCUT2D eigenvalue weighted by Gasteiger charge is 2.58. The predicted octanol–water partition coefficient (Wildman–Crippen LogP) is 5.67. The molecule has 35 heavy (non-hydrogen) atoms. The summed E-state index contributed by atoms with van der Waals surface area (Å²) in [6.45, 7) is 3.81. The number of nitriles is 1. The quantitative estimate of drug-likeness (QED) is 0.558. The van der Waals surface area contributed by atoms with Crippen LogP contribution < -0.4 is 5.32 Å². The number of halogens is 2. The summed E-state index contributed by atoms with van der Waals surface area (Å²) < 4.78 is 27.4. The molecule has 3 aliphatic rings. The fraction of sp³-hybridized carbons (Fsp3) is 0.500. The molecule has 0 bridgehead atoms. The van der Waals surface area contributed by atoms with Crippen LogP contribution in [0.25, 0.3) is 0 Å². The van der Waals surface area contributed by atoms with Crippen LogP contribution in [0.3, 0.4) is 0 Å². The lowest BCUT2D eigenvalue weighted by atomic mass is 9.80. The third kappa shape index (κ3) is 5.18. The maximum Gasteiger partial charge on any atom is 0.322 e. The van der Waals surface area contributed by atoms with Crippen LogP contribution in [0.1, 0.15) is 56.1 Å². The van der Waals surface area contributed by atoms with Gasteiger partial charge in [-0.2, -0.15) is 5.26 Å². The lowest BCUT2D eigenvalue weighted by Gasteiger charge is -2.37. The molecule has 2 aromatic carbocycles.